The Bertz CT molecular complexity index is 888. The maximum atomic E-state index is 12.3. The van der Waals surface area contributed by atoms with Crippen LogP contribution in [0.3, 0.4) is 0 Å². The third-order valence-corrected chi connectivity index (χ3v) is 4.33. The Labute approximate surface area is 155 Å². The molecule has 0 atom stereocenters. The molecule has 134 valence electrons. The molecule has 0 unspecified atom stereocenters. The largest absolute Gasteiger partial charge is 0.309 e. The molecule has 2 aromatic heterocycles. The van der Waals surface area contributed by atoms with Gasteiger partial charge in [0.2, 0.25) is 11.7 Å². The van der Waals surface area contributed by atoms with E-state index in [0.717, 1.165) is 10.6 Å². The van der Waals surface area contributed by atoms with Gasteiger partial charge in [0.05, 0.1) is 10.6 Å². The number of nitrogens with one attached hydrogen (secondary N) is 2. The van der Waals surface area contributed by atoms with Gasteiger partial charge in [0.15, 0.2) is 5.82 Å². The summed E-state index contributed by atoms with van der Waals surface area (Å²) in [7, 11) is 0. The van der Waals surface area contributed by atoms with Crippen molar-refractivity contribution in [3.8, 4) is 16.4 Å². The zero-order chi connectivity index (χ0) is 18.5. The Balaban J connectivity index is 1.85. The minimum atomic E-state index is -0.561. The van der Waals surface area contributed by atoms with Gasteiger partial charge in [-0.3, -0.25) is 20.4 Å². The predicted octanol–water partition coefficient (Wildman–Crippen LogP) is 2.80. The molecule has 0 aliphatic heterocycles. The number of benzene rings is 1. The third-order valence-electron chi connectivity index (χ3n) is 3.46. The van der Waals surface area contributed by atoms with E-state index in [9.17, 15) is 9.59 Å². The summed E-state index contributed by atoms with van der Waals surface area (Å²) in [5, 5.41) is 6.26. The van der Waals surface area contributed by atoms with E-state index in [1.807, 2.05) is 61.7 Å². The second-order valence-corrected chi connectivity index (χ2v) is 7.03. The molecule has 0 spiro atoms. The lowest BCUT2D eigenvalue weighted by atomic mass is 10.1. The minimum Gasteiger partial charge on any atom is -0.273 e. The van der Waals surface area contributed by atoms with Crippen LogP contribution in [0.15, 0.2) is 47.8 Å². The van der Waals surface area contributed by atoms with Crippen molar-refractivity contribution in [1.29, 1.82) is 0 Å². The Kier molecular flexibility index (Phi) is 5.43. The van der Waals surface area contributed by atoms with Crippen molar-refractivity contribution in [3.05, 3.63) is 53.7 Å². The number of para-hydroxylation sites is 1. The molecule has 2 amide bonds. The minimum absolute atomic E-state index is 0.0119. The monoisotopic (exact) mass is 369 g/mol. The predicted molar refractivity (Wildman–Crippen MR) is 99.7 cm³/mol. The topological polar surface area (TPSA) is 88.9 Å². The molecule has 0 bridgehead atoms. The van der Waals surface area contributed by atoms with E-state index in [1.54, 1.807) is 4.68 Å². The summed E-state index contributed by atoms with van der Waals surface area (Å²) in [6.07, 6.45) is 0.326. The van der Waals surface area contributed by atoms with Crippen LogP contribution in [0, 0.1) is 5.92 Å². The van der Waals surface area contributed by atoms with Gasteiger partial charge in [0, 0.05) is 6.42 Å². The van der Waals surface area contributed by atoms with Crippen LogP contribution in [-0.4, -0.2) is 26.6 Å². The van der Waals surface area contributed by atoms with Crippen molar-refractivity contribution >= 4 is 23.2 Å². The van der Waals surface area contributed by atoms with Gasteiger partial charge in [0.25, 0.3) is 0 Å². The van der Waals surface area contributed by atoms with E-state index in [2.05, 4.69) is 20.9 Å². The highest BCUT2D eigenvalue weighted by Crippen LogP contribution is 2.25. The Hall–Kier alpha value is -3.00. The number of nitrogens with zero attached hydrogens (tertiary/aromatic N) is 3. The van der Waals surface area contributed by atoms with Crippen LogP contribution >= 0.6 is 11.3 Å². The SMILES string of the molecule is CC(C)CC(=O)NNC(=O)c1nc(-c2cccs2)n(-c2ccccc2)n1. The molecule has 0 saturated carbocycles. The van der Waals surface area contributed by atoms with Crippen LogP contribution in [-0.2, 0) is 4.79 Å². The number of hydrazine groups is 1. The molecule has 1 aromatic carbocycles. The summed E-state index contributed by atoms with van der Waals surface area (Å²) >= 11 is 1.51. The molecule has 2 heterocycles. The summed E-state index contributed by atoms with van der Waals surface area (Å²) in [5.74, 6) is -0.0522. The number of aromatic nitrogens is 3. The van der Waals surface area contributed by atoms with E-state index in [4.69, 9.17) is 0 Å². The molecule has 3 aromatic rings. The van der Waals surface area contributed by atoms with Gasteiger partial charge in [-0.25, -0.2) is 9.67 Å². The maximum Gasteiger partial charge on any atom is 0.309 e. The number of amides is 2. The Morgan fingerprint density at radius 1 is 1.12 bits per heavy atom. The van der Waals surface area contributed by atoms with Crippen molar-refractivity contribution in [3.63, 3.8) is 0 Å². The van der Waals surface area contributed by atoms with Crippen LogP contribution in [0.2, 0.25) is 0 Å². The number of hydrogen-bond acceptors (Lipinski definition) is 5. The molecular weight excluding hydrogens is 350 g/mol. The fraction of sp³-hybridized carbons (Fsp3) is 0.222. The van der Waals surface area contributed by atoms with Gasteiger partial charge >= 0.3 is 5.91 Å². The smallest absolute Gasteiger partial charge is 0.273 e. The van der Waals surface area contributed by atoms with Gasteiger partial charge < -0.3 is 0 Å². The molecule has 8 heteroatoms. The molecule has 0 aliphatic carbocycles. The normalized spacial score (nSPS) is 10.7. The lowest BCUT2D eigenvalue weighted by Crippen LogP contribution is -2.42. The van der Waals surface area contributed by atoms with Gasteiger partial charge in [-0.15, -0.1) is 16.4 Å². The molecular formula is C18H19N5O2S. The van der Waals surface area contributed by atoms with Gasteiger partial charge in [0.1, 0.15) is 0 Å². The lowest BCUT2D eigenvalue weighted by Gasteiger charge is -2.06. The fourth-order valence-electron chi connectivity index (χ4n) is 2.33. The summed E-state index contributed by atoms with van der Waals surface area (Å²) in [6.45, 7) is 3.86. The first-order valence-electron chi connectivity index (χ1n) is 8.20. The molecule has 0 fully saturated rings. The lowest BCUT2D eigenvalue weighted by molar-refractivity contribution is -0.122. The van der Waals surface area contributed by atoms with Crippen LogP contribution in [0.1, 0.15) is 30.9 Å². The second-order valence-electron chi connectivity index (χ2n) is 6.08. The van der Waals surface area contributed by atoms with Crippen LogP contribution in [0.4, 0.5) is 0 Å². The number of thiophene rings is 1. The third kappa shape index (κ3) is 4.15. The van der Waals surface area contributed by atoms with Crippen molar-refractivity contribution in [2.24, 2.45) is 5.92 Å². The number of carbonyl (C=O) groups is 2. The zero-order valence-electron chi connectivity index (χ0n) is 14.5. The first-order valence-corrected chi connectivity index (χ1v) is 9.08. The van der Waals surface area contributed by atoms with Crippen molar-refractivity contribution < 1.29 is 9.59 Å². The van der Waals surface area contributed by atoms with Crippen molar-refractivity contribution in [1.82, 2.24) is 25.6 Å². The van der Waals surface area contributed by atoms with Gasteiger partial charge in [-0.1, -0.05) is 38.1 Å². The molecule has 0 saturated heterocycles. The van der Waals surface area contributed by atoms with E-state index < -0.39 is 5.91 Å². The summed E-state index contributed by atoms with van der Waals surface area (Å²) < 4.78 is 1.62. The molecule has 26 heavy (non-hydrogen) atoms. The average Bonchev–Trinajstić information content (AvgIpc) is 3.29. The summed E-state index contributed by atoms with van der Waals surface area (Å²) in [6, 6.07) is 13.3. The summed E-state index contributed by atoms with van der Waals surface area (Å²) in [4.78, 5) is 29.3. The Morgan fingerprint density at radius 3 is 2.54 bits per heavy atom. The number of hydrogen-bond donors (Lipinski definition) is 2. The molecule has 2 N–H and O–H groups in total. The number of carbonyl (C=O) groups excluding carboxylic acids is 2. The van der Waals surface area contributed by atoms with E-state index in [0.29, 0.717) is 12.2 Å². The Morgan fingerprint density at radius 2 is 1.88 bits per heavy atom. The molecule has 7 nitrogen and oxygen atoms in total. The van der Waals surface area contributed by atoms with E-state index in [1.165, 1.54) is 11.3 Å². The number of rotatable bonds is 5. The quantitative estimate of drug-likeness (QED) is 0.677. The highest BCUT2D eigenvalue weighted by Gasteiger charge is 2.19. The van der Waals surface area contributed by atoms with Crippen molar-refractivity contribution in [2.45, 2.75) is 20.3 Å². The second kappa shape index (κ2) is 7.92. The van der Waals surface area contributed by atoms with E-state index >= 15 is 0 Å². The molecule has 0 aliphatic rings. The maximum absolute atomic E-state index is 12.3. The van der Waals surface area contributed by atoms with Crippen LogP contribution in [0.5, 0.6) is 0 Å². The van der Waals surface area contributed by atoms with Gasteiger partial charge in [-0.2, -0.15) is 0 Å². The first-order chi connectivity index (χ1) is 12.5. The van der Waals surface area contributed by atoms with Crippen molar-refractivity contribution in [2.75, 3.05) is 0 Å². The average molecular weight is 369 g/mol. The van der Waals surface area contributed by atoms with Gasteiger partial charge in [-0.05, 0) is 29.5 Å². The van der Waals surface area contributed by atoms with E-state index in [-0.39, 0.29) is 17.6 Å². The highest BCUT2D eigenvalue weighted by molar-refractivity contribution is 7.13. The molecule has 0 radical (unpaired) electrons. The first kappa shape index (κ1) is 17.8. The highest BCUT2D eigenvalue weighted by atomic mass is 32.1. The summed E-state index contributed by atoms with van der Waals surface area (Å²) in [5.41, 5.74) is 5.56. The zero-order valence-corrected chi connectivity index (χ0v) is 15.3. The standard InChI is InChI=1S/C18H19N5O2S/c1-12(2)11-15(24)20-21-18(25)16-19-17(14-9-6-10-26-14)23(22-16)13-7-4-3-5-8-13/h3-10,12H,11H2,1-2H3,(H,20,24)(H,21,25). The fourth-order valence-corrected chi connectivity index (χ4v) is 3.03. The van der Waals surface area contributed by atoms with Crippen LogP contribution < -0.4 is 10.9 Å². The van der Waals surface area contributed by atoms with Crippen LogP contribution in [0.25, 0.3) is 16.4 Å². The molecule has 3 rings (SSSR count).